The molecule has 24 heavy (non-hydrogen) atoms. The van der Waals surface area contributed by atoms with Gasteiger partial charge in [-0.25, -0.2) is 18.6 Å². The van der Waals surface area contributed by atoms with Crippen LogP contribution in [0.3, 0.4) is 0 Å². The maximum Gasteiger partial charge on any atom is 0.413 e. The van der Waals surface area contributed by atoms with Crippen LogP contribution >= 0.6 is 0 Å². The number of benzene rings is 1. The molecule has 0 aliphatic heterocycles. The fourth-order valence-electron chi connectivity index (χ4n) is 1.93. The van der Waals surface area contributed by atoms with Crippen LogP contribution in [0.1, 0.15) is 36.7 Å². The Bertz CT molecular complexity index is 765. The molecule has 1 aromatic heterocycles. The molecular weight excluding hydrogens is 318 g/mol. The van der Waals surface area contributed by atoms with E-state index in [2.05, 4.69) is 10.3 Å². The van der Waals surface area contributed by atoms with Crippen molar-refractivity contribution < 1.29 is 23.1 Å². The fraction of sp³-hybridized carbons (Fsp3) is 0.235. The summed E-state index contributed by atoms with van der Waals surface area (Å²) < 4.78 is 31.7. The molecule has 1 amide bonds. The number of ketones is 1. The topological polar surface area (TPSA) is 68.3 Å². The zero-order valence-electron chi connectivity index (χ0n) is 13.4. The van der Waals surface area contributed by atoms with Gasteiger partial charge in [-0.3, -0.25) is 10.1 Å². The van der Waals surface area contributed by atoms with Gasteiger partial charge in [-0.2, -0.15) is 0 Å². The van der Waals surface area contributed by atoms with Gasteiger partial charge < -0.3 is 4.74 Å². The van der Waals surface area contributed by atoms with Gasteiger partial charge in [0.25, 0.3) is 0 Å². The SMILES string of the molecule is CC(C)(C)OC(=O)Nc1ncccc1C(=O)c1cc(F)cc(F)c1. The summed E-state index contributed by atoms with van der Waals surface area (Å²) in [7, 11) is 0. The van der Waals surface area contributed by atoms with Crippen molar-refractivity contribution in [3.8, 4) is 0 Å². The molecule has 7 heteroatoms. The van der Waals surface area contributed by atoms with E-state index in [1.807, 2.05) is 0 Å². The van der Waals surface area contributed by atoms with Crippen LogP contribution in [-0.4, -0.2) is 22.5 Å². The zero-order valence-corrected chi connectivity index (χ0v) is 13.4. The number of rotatable bonds is 3. The first-order valence-electron chi connectivity index (χ1n) is 7.11. The van der Waals surface area contributed by atoms with Gasteiger partial charge in [0.05, 0.1) is 5.56 Å². The van der Waals surface area contributed by atoms with Gasteiger partial charge in [0, 0.05) is 17.8 Å². The molecule has 0 fully saturated rings. The number of aromatic nitrogens is 1. The minimum absolute atomic E-state index is 0.00615. The van der Waals surface area contributed by atoms with E-state index in [0.29, 0.717) is 6.07 Å². The highest BCUT2D eigenvalue weighted by atomic mass is 19.1. The number of halogens is 2. The van der Waals surface area contributed by atoms with Gasteiger partial charge in [-0.1, -0.05) is 0 Å². The Hall–Kier alpha value is -2.83. The van der Waals surface area contributed by atoms with Gasteiger partial charge in [0.15, 0.2) is 5.78 Å². The highest BCUT2D eigenvalue weighted by molar-refractivity contribution is 6.12. The van der Waals surface area contributed by atoms with Crippen molar-refractivity contribution in [3.63, 3.8) is 0 Å². The second kappa shape index (κ2) is 6.74. The van der Waals surface area contributed by atoms with E-state index in [0.717, 1.165) is 12.1 Å². The average Bonchev–Trinajstić information content (AvgIpc) is 2.44. The normalized spacial score (nSPS) is 11.0. The molecule has 1 heterocycles. The monoisotopic (exact) mass is 334 g/mol. The summed E-state index contributed by atoms with van der Waals surface area (Å²) in [5.41, 5.74) is -0.921. The summed E-state index contributed by atoms with van der Waals surface area (Å²) in [6.45, 7) is 5.06. The molecule has 0 saturated heterocycles. The molecule has 126 valence electrons. The van der Waals surface area contributed by atoms with Crippen molar-refractivity contribution >= 4 is 17.7 Å². The van der Waals surface area contributed by atoms with E-state index in [1.165, 1.54) is 18.3 Å². The second-order valence-corrected chi connectivity index (χ2v) is 6.01. The molecule has 2 rings (SSSR count). The van der Waals surface area contributed by atoms with Crippen molar-refractivity contribution in [2.24, 2.45) is 0 Å². The maximum absolute atomic E-state index is 13.3. The minimum Gasteiger partial charge on any atom is -0.444 e. The van der Waals surface area contributed by atoms with Gasteiger partial charge in [0.2, 0.25) is 0 Å². The molecule has 0 saturated carbocycles. The van der Waals surface area contributed by atoms with Crippen LogP contribution in [0.2, 0.25) is 0 Å². The number of ether oxygens (including phenoxy) is 1. The van der Waals surface area contributed by atoms with Gasteiger partial charge in [-0.15, -0.1) is 0 Å². The molecular formula is C17H16F2N2O3. The summed E-state index contributed by atoms with van der Waals surface area (Å²) in [6, 6.07) is 5.36. The summed E-state index contributed by atoms with van der Waals surface area (Å²) >= 11 is 0. The van der Waals surface area contributed by atoms with Crippen LogP contribution in [0.5, 0.6) is 0 Å². The quantitative estimate of drug-likeness (QED) is 0.863. The summed E-state index contributed by atoms with van der Waals surface area (Å²) in [4.78, 5) is 28.2. The molecule has 0 radical (unpaired) electrons. The highest BCUT2D eigenvalue weighted by Crippen LogP contribution is 2.19. The lowest BCUT2D eigenvalue weighted by Crippen LogP contribution is -2.28. The predicted octanol–water partition coefficient (Wildman–Crippen LogP) is 3.94. The molecule has 0 aliphatic rings. The molecule has 1 aromatic carbocycles. The van der Waals surface area contributed by atoms with E-state index >= 15 is 0 Å². The number of carbonyl (C=O) groups excluding carboxylic acids is 2. The Morgan fingerprint density at radius 3 is 2.33 bits per heavy atom. The van der Waals surface area contributed by atoms with E-state index in [-0.39, 0.29) is 16.9 Å². The molecule has 0 unspecified atom stereocenters. The minimum atomic E-state index is -0.871. The van der Waals surface area contributed by atoms with Gasteiger partial charge in [0.1, 0.15) is 23.1 Å². The second-order valence-electron chi connectivity index (χ2n) is 6.01. The molecule has 0 bridgehead atoms. The third-order valence-electron chi connectivity index (χ3n) is 2.80. The van der Waals surface area contributed by atoms with Crippen LogP contribution in [0.25, 0.3) is 0 Å². The van der Waals surface area contributed by atoms with Gasteiger partial charge >= 0.3 is 6.09 Å². The third kappa shape index (κ3) is 4.58. The van der Waals surface area contributed by atoms with Crippen LogP contribution < -0.4 is 5.32 Å². The first-order chi connectivity index (χ1) is 11.2. The number of pyridine rings is 1. The van der Waals surface area contributed by atoms with Crippen molar-refractivity contribution in [2.45, 2.75) is 26.4 Å². The molecule has 5 nitrogen and oxygen atoms in total. The summed E-state index contributed by atoms with van der Waals surface area (Å²) in [5, 5.41) is 2.37. The molecule has 0 spiro atoms. The number of nitrogens with one attached hydrogen (secondary N) is 1. The lowest BCUT2D eigenvalue weighted by molar-refractivity contribution is 0.0635. The summed E-state index contributed by atoms with van der Waals surface area (Å²) in [5.74, 6) is -2.47. The third-order valence-corrected chi connectivity index (χ3v) is 2.80. The number of carbonyl (C=O) groups is 2. The highest BCUT2D eigenvalue weighted by Gasteiger charge is 2.21. The number of anilines is 1. The Labute approximate surface area is 137 Å². The maximum atomic E-state index is 13.3. The molecule has 1 N–H and O–H groups in total. The number of amides is 1. The number of hydrogen-bond donors (Lipinski definition) is 1. The van der Waals surface area contributed by atoms with Gasteiger partial charge in [-0.05, 0) is 45.0 Å². The molecule has 0 atom stereocenters. The largest absolute Gasteiger partial charge is 0.444 e. The Morgan fingerprint density at radius 2 is 1.75 bits per heavy atom. The molecule has 2 aromatic rings. The standard InChI is InChI=1S/C17H16F2N2O3/c1-17(2,3)24-16(23)21-15-13(5-4-6-20-15)14(22)10-7-11(18)9-12(19)8-10/h4-9H,1-3H3,(H,20,21,23). The van der Waals surface area contributed by atoms with E-state index in [4.69, 9.17) is 4.74 Å². The Morgan fingerprint density at radius 1 is 1.12 bits per heavy atom. The average molecular weight is 334 g/mol. The van der Waals surface area contributed by atoms with Crippen molar-refractivity contribution in [1.29, 1.82) is 0 Å². The predicted molar refractivity (Wildman–Crippen MR) is 83.9 cm³/mol. The Balaban J connectivity index is 2.31. The smallest absolute Gasteiger partial charge is 0.413 e. The summed E-state index contributed by atoms with van der Waals surface area (Å²) in [6.07, 6.45) is 0.580. The molecule has 0 aliphatic carbocycles. The van der Waals surface area contributed by atoms with Crippen molar-refractivity contribution in [3.05, 3.63) is 59.3 Å². The first kappa shape index (κ1) is 17.5. The lowest BCUT2D eigenvalue weighted by atomic mass is 10.0. The van der Waals surface area contributed by atoms with Crippen LogP contribution in [0.15, 0.2) is 36.5 Å². The van der Waals surface area contributed by atoms with Crippen LogP contribution in [0, 0.1) is 11.6 Å². The Kier molecular flexibility index (Phi) is 4.92. The zero-order chi connectivity index (χ0) is 17.9. The van der Waals surface area contributed by atoms with E-state index in [9.17, 15) is 18.4 Å². The van der Waals surface area contributed by atoms with Crippen LogP contribution in [-0.2, 0) is 4.74 Å². The van der Waals surface area contributed by atoms with E-state index in [1.54, 1.807) is 20.8 Å². The number of nitrogens with zero attached hydrogens (tertiary/aromatic N) is 1. The van der Waals surface area contributed by atoms with E-state index < -0.39 is 29.1 Å². The van der Waals surface area contributed by atoms with Crippen molar-refractivity contribution in [1.82, 2.24) is 4.98 Å². The number of hydrogen-bond acceptors (Lipinski definition) is 4. The van der Waals surface area contributed by atoms with Crippen molar-refractivity contribution in [2.75, 3.05) is 5.32 Å². The first-order valence-corrected chi connectivity index (χ1v) is 7.11. The fourth-order valence-corrected chi connectivity index (χ4v) is 1.93. The van der Waals surface area contributed by atoms with Crippen LogP contribution in [0.4, 0.5) is 19.4 Å². The lowest BCUT2D eigenvalue weighted by Gasteiger charge is -2.20.